The third-order valence-electron chi connectivity index (χ3n) is 3.52. The normalized spacial score (nSPS) is 10.6. The molecule has 0 atom stereocenters. The molecule has 2 aromatic carbocycles. The van der Waals surface area contributed by atoms with E-state index in [9.17, 15) is 9.18 Å². The van der Waals surface area contributed by atoms with E-state index in [1.807, 2.05) is 12.1 Å². The van der Waals surface area contributed by atoms with Crippen LogP contribution in [-0.4, -0.2) is 22.6 Å². The van der Waals surface area contributed by atoms with Gasteiger partial charge in [0, 0.05) is 18.5 Å². The molecule has 0 aliphatic carbocycles. The molecule has 3 rings (SSSR count). The lowest BCUT2D eigenvalue weighted by Crippen LogP contribution is -2.27. The van der Waals surface area contributed by atoms with Gasteiger partial charge in [0.05, 0.1) is 11.4 Å². The molecule has 1 aromatic heterocycles. The van der Waals surface area contributed by atoms with Crippen molar-refractivity contribution in [3.63, 3.8) is 0 Å². The minimum absolute atomic E-state index is 0.155. The quantitative estimate of drug-likeness (QED) is 0.732. The van der Waals surface area contributed by atoms with E-state index in [0.29, 0.717) is 35.3 Å². The maximum absolute atomic E-state index is 12.8. The molecule has 1 N–H and O–H groups in total. The molecule has 0 bridgehead atoms. The van der Waals surface area contributed by atoms with Crippen molar-refractivity contribution in [2.24, 2.45) is 0 Å². The van der Waals surface area contributed by atoms with Gasteiger partial charge in [-0.2, -0.15) is 4.98 Å². The van der Waals surface area contributed by atoms with Crippen LogP contribution in [0.15, 0.2) is 53.1 Å². The zero-order valence-corrected chi connectivity index (χ0v) is 14.0. The Kier molecular flexibility index (Phi) is 5.40. The summed E-state index contributed by atoms with van der Waals surface area (Å²) in [5.41, 5.74) is 1.44. The number of nitrogens with one attached hydrogen (secondary N) is 1. The Morgan fingerprint density at radius 3 is 2.68 bits per heavy atom. The van der Waals surface area contributed by atoms with Gasteiger partial charge < -0.3 is 9.84 Å². The smallest absolute Gasteiger partial charge is 0.228 e. The zero-order valence-electron chi connectivity index (χ0n) is 13.2. The average molecular weight is 360 g/mol. The highest BCUT2D eigenvalue weighted by Crippen LogP contribution is 2.24. The number of aromatic nitrogens is 2. The maximum atomic E-state index is 12.8. The molecule has 1 heterocycles. The summed E-state index contributed by atoms with van der Waals surface area (Å²) >= 11 is 6.10. The summed E-state index contributed by atoms with van der Waals surface area (Å²) < 4.78 is 18.0. The number of hydrogen-bond acceptors (Lipinski definition) is 4. The summed E-state index contributed by atoms with van der Waals surface area (Å²) in [6.07, 6.45) is 0.599. The van der Waals surface area contributed by atoms with Crippen molar-refractivity contribution in [3.05, 3.63) is 70.8 Å². The van der Waals surface area contributed by atoms with Gasteiger partial charge in [0.1, 0.15) is 5.82 Å². The van der Waals surface area contributed by atoms with Gasteiger partial charge in [0.25, 0.3) is 0 Å². The molecule has 0 spiro atoms. The van der Waals surface area contributed by atoms with Crippen LogP contribution in [0.5, 0.6) is 0 Å². The fourth-order valence-electron chi connectivity index (χ4n) is 2.27. The number of carbonyl (C=O) groups excluding carboxylic acids is 1. The summed E-state index contributed by atoms with van der Waals surface area (Å²) in [6, 6.07) is 13.1. The van der Waals surface area contributed by atoms with E-state index in [-0.39, 0.29) is 18.1 Å². The predicted molar refractivity (Wildman–Crippen MR) is 91.6 cm³/mol. The first-order valence-electron chi connectivity index (χ1n) is 7.70. The van der Waals surface area contributed by atoms with Crippen molar-refractivity contribution in [3.8, 4) is 11.4 Å². The Morgan fingerprint density at radius 2 is 1.92 bits per heavy atom. The number of rotatable bonds is 6. The van der Waals surface area contributed by atoms with E-state index < -0.39 is 0 Å². The van der Waals surface area contributed by atoms with Crippen molar-refractivity contribution in [1.29, 1.82) is 0 Å². The highest BCUT2D eigenvalue weighted by atomic mass is 35.5. The van der Waals surface area contributed by atoms with Crippen LogP contribution in [0.1, 0.15) is 11.5 Å². The Hall–Kier alpha value is -2.73. The van der Waals surface area contributed by atoms with Crippen molar-refractivity contribution in [2.45, 2.75) is 12.8 Å². The molecule has 0 fully saturated rings. The Balaban J connectivity index is 1.50. The highest BCUT2D eigenvalue weighted by molar-refractivity contribution is 6.33. The number of halogens is 2. The van der Waals surface area contributed by atoms with Gasteiger partial charge in [-0.15, -0.1) is 0 Å². The number of nitrogens with zero attached hydrogens (tertiary/aromatic N) is 2. The van der Waals surface area contributed by atoms with Crippen LogP contribution in [0, 0.1) is 5.82 Å². The van der Waals surface area contributed by atoms with Gasteiger partial charge in [0.2, 0.25) is 17.6 Å². The van der Waals surface area contributed by atoms with Crippen LogP contribution in [0.3, 0.4) is 0 Å². The molecule has 0 aliphatic rings. The molecule has 5 nitrogen and oxygen atoms in total. The summed E-state index contributed by atoms with van der Waals surface area (Å²) in [6.45, 7) is 0.365. The Bertz CT molecular complexity index is 865. The molecule has 0 aliphatic heterocycles. The van der Waals surface area contributed by atoms with E-state index in [1.54, 1.807) is 24.3 Å². The monoisotopic (exact) mass is 359 g/mol. The first kappa shape index (κ1) is 17.1. The molecule has 0 saturated carbocycles. The number of amides is 1. The largest absolute Gasteiger partial charge is 0.355 e. The summed E-state index contributed by atoms with van der Waals surface area (Å²) in [5.74, 6) is 0.350. The average Bonchev–Trinajstić information content (AvgIpc) is 3.06. The van der Waals surface area contributed by atoms with E-state index >= 15 is 0 Å². The van der Waals surface area contributed by atoms with Gasteiger partial charge >= 0.3 is 0 Å². The highest BCUT2D eigenvalue weighted by Gasteiger charge is 2.11. The minimum Gasteiger partial charge on any atom is -0.355 e. The topological polar surface area (TPSA) is 68.0 Å². The third kappa shape index (κ3) is 4.64. The fourth-order valence-corrected chi connectivity index (χ4v) is 2.49. The molecule has 0 saturated heterocycles. The molecule has 25 heavy (non-hydrogen) atoms. The number of carbonyl (C=O) groups is 1. The molecule has 3 aromatic rings. The van der Waals surface area contributed by atoms with Crippen molar-refractivity contribution in [2.75, 3.05) is 6.54 Å². The van der Waals surface area contributed by atoms with Gasteiger partial charge in [-0.1, -0.05) is 41.0 Å². The predicted octanol–water partition coefficient (Wildman–Crippen LogP) is 3.43. The molecule has 7 heteroatoms. The molecule has 0 unspecified atom stereocenters. The SMILES string of the molecule is O=C(Cc1ccc(F)cc1)NCCc1nc(-c2ccccc2Cl)no1. The summed E-state index contributed by atoms with van der Waals surface area (Å²) in [7, 11) is 0. The van der Waals surface area contributed by atoms with E-state index in [2.05, 4.69) is 15.5 Å². The van der Waals surface area contributed by atoms with Crippen LogP contribution in [0.25, 0.3) is 11.4 Å². The van der Waals surface area contributed by atoms with E-state index in [0.717, 1.165) is 5.56 Å². The molecular formula is C18H15ClFN3O2. The van der Waals surface area contributed by atoms with E-state index in [4.69, 9.17) is 16.1 Å². The van der Waals surface area contributed by atoms with Crippen molar-refractivity contribution >= 4 is 17.5 Å². The van der Waals surface area contributed by atoms with Gasteiger partial charge in [-0.05, 0) is 29.8 Å². The van der Waals surface area contributed by atoms with Crippen molar-refractivity contribution < 1.29 is 13.7 Å². The van der Waals surface area contributed by atoms with Gasteiger partial charge in [0.15, 0.2) is 0 Å². The summed E-state index contributed by atoms with van der Waals surface area (Å²) in [5, 5.41) is 7.21. The Morgan fingerprint density at radius 1 is 1.16 bits per heavy atom. The Labute approximate surface area is 148 Å². The fraction of sp³-hybridized carbons (Fsp3) is 0.167. The van der Waals surface area contributed by atoms with Gasteiger partial charge in [-0.3, -0.25) is 4.79 Å². The zero-order chi connectivity index (χ0) is 17.6. The second kappa shape index (κ2) is 7.90. The lowest BCUT2D eigenvalue weighted by molar-refractivity contribution is -0.120. The molecule has 1 amide bonds. The van der Waals surface area contributed by atoms with E-state index in [1.165, 1.54) is 12.1 Å². The second-order valence-corrected chi connectivity index (χ2v) is 5.80. The lowest BCUT2D eigenvalue weighted by atomic mass is 10.1. The third-order valence-corrected chi connectivity index (χ3v) is 3.85. The summed E-state index contributed by atoms with van der Waals surface area (Å²) in [4.78, 5) is 16.1. The van der Waals surface area contributed by atoms with Gasteiger partial charge in [-0.25, -0.2) is 4.39 Å². The van der Waals surface area contributed by atoms with Crippen LogP contribution < -0.4 is 5.32 Å². The van der Waals surface area contributed by atoms with Crippen LogP contribution in [0.2, 0.25) is 5.02 Å². The lowest BCUT2D eigenvalue weighted by Gasteiger charge is -2.03. The van der Waals surface area contributed by atoms with Crippen LogP contribution in [0.4, 0.5) is 4.39 Å². The maximum Gasteiger partial charge on any atom is 0.228 e. The minimum atomic E-state index is -0.324. The molecule has 0 radical (unpaired) electrons. The first-order chi connectivity index (χ1) is 12.1. The first-order valence-corrected chi connectivity index (χ1v) is 8.08. The second-order valence-electron chi connectivity index (χ2n) is 5.39. The van der Waals surface area contributed by atoms with Crippen molar-refractivity contribution in [1.82, 2.24) is 15.5 Å². The number of benzene rings is 2. The van der Waals surface area contributed by atoms with Crippen LogP contribution >= 0.6 is 11.6 Å². The molecule has 128 valence electrons. The number of hydrogen-bond donors (Lipinski definition) is 1. The standard InChI is InChI=1S/C18H15ClFN3O2/c19-15-4-2-1-3-14(15)18-22-17(25-23-18)9-10-21-16(24)11-12-5-7-13(20)8-6-12/h1-8H,9-11H2,(H,21,24). The molecular weight excluding hydrogens is 345 g/mol. The van der Waals surface area contributed by atoms with Crippen LogP contribution in [-0.2, 0) is 17.6 Å².